The molecule has 0 aliphatic heterocycles. The van der Waals surface area contributed by atoms with E-state index in [1.165, 1.54) is 0 Å². The number of nitrogen functional groups attached to an aromatic ring is 1. The van der Waals surface area contributed by atoms with Crippen molar-refractivity contribution < 1.29 is 0 Å². The molecule has 2 rings (SSSR count). The van der Waals surface area contributed by atoms with E-state index >= 15 is 0 Å². The quantitative estimate of drug-likeness (QED) is 0.582. The van der Waals surface area contributed by atoms with Crippen molar-refractivity contribution in [2.75, 3.05) is 5.73 Å². The first-order valence-electron chi connectivity index (χ1n) is 3.34. The zero-order chi connectivity index (χ0) is 7.84. The van der Waals surface area contributed by atoms with Crippen molar-refractivity contribution in [1.29, 1.82) is 0 Å². The van der Waals surface area contributed by atoms with Crippen LogP contribution in [0.3, 0.4) is 0 Å². The SMILES string of the molecule is Cc1[nH]nc2ccnc(N)c12. The van der Waals surface area contributed by atoms with Gasteiger partial charge in [-0.15, -0.1) is 0 Å². The number of aryl methyl sites for hydroxylation is 1. The highest BCUT2D eigenvalue weighted by Gasteiger charge is 2.03. The highest BCUT2D eigenvalue weighted by atomic mass is 15.1. The van der Waals surface area contributed by atoms with Crippen molar-refractivity contribution in [2.24, 2.45) is 0 Å². The Hall–Kier alpha value is -1.58. The van der Waals surface area contributed by atoms with E-state index in [2.05, 4.69) is 15.2 Å². The number of hydrogen-bond donors (Lipinski definition) is 2. The summed E-state index contributed by atoms with van der Waals surface area (Å²) in [6, 6.07) is 1.83. The van der Waals surface area contributed by atoms with E-state index in [0.29, 0.717) is 5.82 Å². The van der Waals surface area contributed by atoms with Crippen LogP contribution in [0.1, 0.15) is 5.69 Å². The van der Waals surface area contributed by atoms with Gasteiger partial charge in [0.1, 0.15) is 5.82 Å². The van der Waals surface area contributed by atoms with Crippen LogP contribution in [-0.2, 0) is 0 Å². The fraction of sp³-hybridized carbons (Fsp3) is 0.143. The number of rotatable bonds is 0. The van der Waals surface area contributed by atoms with Gasteiger partial charge in [0.2, 0.25) is 0 Å². The van der Waals surface area contributed by atoms with Crippen LogP contribution < -0.4 is 5.73 Å². The number of aromatic amines is 1. The van der Waals surface area contributed by atoms with E-state index < -0.39 is 0 Å². The molecular weight excluding hydrogens is 140 g/mol. The molecule has 2 aromatic heterocycles. The summed E-state index contributed by atoms with van der Waals surface area (Å²) >= 11 is 0. The first kappa shape index (κ1) is 6.15. The Kier molecular flexibility index (Phi) is 1.09. The van der Waals surface area contributed by atoms with Crippen LogP contribution in [0.15, 0.2) is 12.3 Å². The van der Waals surface area contributed by atoms with Crippen molar-refractivity contribution in [2.45, 2.75) is 6.92 Å². The molecule has 0 aliphatic carbocycles. The molecule has 3 N–H and O–H groups in total. The number of pyridine rings is 1. The fourth-order valence-electron chi connectivity index (χ4n) is 1.14. The van der Waals surface area contributed by atoms with Gasteiger partial charge in [-0.05, 0) is 13.0 Å². The molecular formula is C7H8N4. The number of anilines is 1. The van der Waals surface area contributed by atoms with Gasteiger partial charge in [-0.3, -0.25) is 5.10 Å². The average Bonchev–Trinajstić information content (AvgIpc) is 2.34. The third-order valence-corrected chi connectivity index (χ3v) is 1.68. The highest BCUT2D eigenvalue weighted by Crippen LogP contribution is 2.18. The van der Waals surface area contributed by atoms with E-state index in [0.717, 1.165) is 16.6 Å². The van der Waals surface area contributed by atoms with Crippen LogP contribution in [0.25, 0.3) is 10.9 Å². The highest BCUT2D eigenvalue weighted by molar-refractivity contribution is 5.89. The summed E-state index contributed by atoms with van der Waals surface area (Å²) < 4.78 is 0. The number of fused-ring (bicyclic) bond motifs is 1. The molecule has 0 aromatic carbocycles. The lowest BCUT2D eigenvalue weighted by molar-refractivity contribution is 1.07. The first-order chi connectivity index (χ1) is 5.29. The zero-order valence-electron chi connectivity index (χ0n) is 6.13. The Morgan fingerprint density at radius 2 is 2.36 bits per heavy atom. The third-order valence-electron chi connectivity index (χ3n) is 1.68. The lowest BCUT2D eigenvalue weighted by Gasteiger charge is -1.92. The van der Waals surface area contributed by atoms with Crippen molar-refractivity contribution in [1.82, 2.24) is 15.2 Å². The first-order valence-corrected chi connectivity index (χ1v) is 3.34. The molecule has 0 amide bonds. The van der Waals surface area contributed by atoms with Crippen molar-refractivity contribution in [3.05, 3.63) is 18.0 Å². The minimum Gasteiger partial charge on any atom is -0.383 e. The molecule has 0 saturated heterocycles. The number of aromatic nitrogens is 3. The Labute approximate surface area is 63.4 Å². The summed E-state index contributed by atoms with van der Waals surface area (Å²) in [5, 5.41) is 7.81. The Bertz CT molecular complexity index is 390. The number of hydrogen-bond acceptors (Lipinski definition) is 3. The van der Waals surface area contributed by atoms with Crippen LogP contribution in [0, 0.1) is 6.92 Å². The monoisotopic (exact) mass is 148 g/mol. The van der Waals surface area contributed by atoms with Crippen LogP contribution in [0.2, 0.25) is 0 Å². The van der Waals surface area contributed by atoms with Crippen LogP contribution in [-0.4, -0.2) is 15.2 Å². The topological polar surface area (TPSA) is 67.6 Å². The van der Waals surface area contributed by atoms with Crippen LogP contribution in [0.5, 0.6) is 0 Å². The molecule has 0 unspecified atom stereocenters. The second kappa shape index (κ2) is 1.95. The standard InChI is InChI=1S/C7H8N4/c1-4-6-5(11-10-4)2-3-9-7(6)8/h2-3H,1H3,(H2,8,9)(H,10,11). The summed E-state index contributed by atoms with van der Waals surface area (Å²) in [6.07, 6.45) is 1.65. The predicted molar refractivity (Wildman–Crippen MR) is 43.0 cm³/mol. The zero-order valence-corrected chi connectivity index (χ0v) is 6.13. The van der Waals surface area contributed by atoms with E-state index in [-0.39, 0.29) is 0 Å². The number of nitrogens with two attached hydrogens (primary N) is 1. The van der Waals surface area contributed by atoms with Gasteiger partial charge in [0.25, 0.3) is 0 Å². The molecule has 4 heteroatoms. The second-order valence-corrected chi connectivity index (χ2v) is 2.44. The molecule has 0 aliphatic rings. The molecule has 2 heterocycles. The third kappa shape index (κ3) is 0.756. The van der Waals surface area contributed by atoms with E-state index in [4.69, 9.17) is 5.73 Å². The van der Waals surface area contributed by atoms with Crippen LogP contribution in [0.4, 0.5) is 5.82 Å². The molecule has 0 fully saturated rings. The van der Waals surface area contributed by atoms with Crippen molar-refractivity contribution in [3.63, 3.8) is 0 Å². The minimum atomic E-state index is 0.536. The van der Waals surface area contributed by atoms with Gasteiger partial charge >= 0.3 is 0 Å². The summed E-state index contributed by atoms with van der Waals surface area (Å²) in [6.45, 7) is 1.92. The smallest absolute Gasteiger partial charge is 0.134 e. The molecule has 11 heavy (non-hydrogen) atoms. The lowest BCUT2D eigenvalue weighted by atomic mass is 10.2. The van der Waals surface area contributed by atoms with Gasteiger partial charge in [0.05, 0.1) is 10.9 Å². The Morgan fingerprint density at radius 1 is 1.55 bits per heavy atom. The van der Waals surface area contributed by atoms with Crippen LogP contribution >= 0.6 is 0 Å². The summed E-state index contributed by atoms with van der Waals surface area (Å²) in [5.74, 6) is 0.536. The maximum atomic E-state index is 5.63. The maximum Gasteiger partial charge on any atom is 0.134 e. The van der Waals surface area contributed by atoms with Gasteiger partial charge in [0, 0.05) is 11.9 Å². The summed E-state index contributed by atoms with van der Waals surface area (Å²) in [7, 11) is 0. The van der Waals surface area contributed by atoms with Gasteiger partial charge in [-0.2, -0.15) is 5.10 Å². The molecule has 4 nitrogen and oxygen atoms in total. The van der Waals surface area contributed by atoms with Crippen molar-refractivity contribution >= 4 is 16.7 Å². The average molecular weight is 148 g/mol. The predicted octanol–water partition coefficient (Wildman–Crippen LogP) is 0.849. The molecule has 0 radical (unpaired) electrons. The molecule has 0 atom stereocenters. The molecule has 0 saturated carbocycles. The lowest BCUT2D eigenvalue weighted by Crippen LogP contribution is -1.89. The van der Waals surface area contributed by atoms with E-state index in [9.17, 15) is 0 Å². The maximum absolute atomic E-state index is 5.63. The Morgan fingerprint density at radius 3 is 3.09 bits per heavy atom. The van der Waals surface area contributed by atoms with Gasteiger partial charge in [-0.1, -0.05) is 0 Å². The fourth-order valence-corrected chi connectivity index (χ4v) is 1.14. The van der Waals surface area contributed by atoms with Crippen molar-refractivity contribution in [3.8, 4) is 0 Å². The molecule has 0 spiro atoms. The largest absolute Gasteiger partial charge is 0.383 e. The molecule has 0 bridgehead atoms. The second-order valence-electron chi connectivity index (χ2n) is 2.44. The number of nitrogens with zero attached hydrogens (tertiary/aromatic N) is 2. The van der Waals surface area contributed by atoms with E-state index in [1.807, 2.05) is 13.0 Å². The Balaban J connectivity index is 2.96. The summed E-state index contributed by atoms with van der Waals surface area (Å²) in [4.78, 5) is 3.96. The molecule has 2 aromatic rings. The normalized spacial score (nSPS) is 10.6. The van der Waals surface area contributed by atoms with Gasteiger partial charge in [0.15, 0.2) is 0 Å². The van der Waals surface area contributed by atoms with Gasteiger partial charge in [-0.25, -0.2) is 4.98 Å². The number of nitrogens with one attached hydrogen (secondary N) is 1. The minimum absolute atomic E-state index is 0.536. The van der Waals surface area contributed by atoms with Gasteiger partial charge < -0.3 is 5.73 Å². The number of H-pyrrole nitrogens is 1. The summed E-state index contributed by atoms with van der Waals surface area (Å²) in [5.41, 5.74) is 7.46. The molecule has 56 valence electrons. The van der Waals surface area contributed by atoms with E-state index in [1.54, 1.807) is 6.20 Å².